The first-order valence-corrected chi connectivity index (χ1v) is 9.17. The zero-order valence-corrected chi connectivity index (χ0v) is 14.4. The van der Waals surface area contributed by atoms with Crippen molar-refractivity contribution in [2.75, 3.05) is 31.7 Å². The van der Waals surface area contributed by atoms with Gasteiger partial charge >= 0.3 is 0 Å². The summed E-state index contributed by atoms with van der Waals surface area (Å²) in [6, 6.07) is 7.62. The molecule has 1 atom stereocenters. The summed E-state index contributed by atoms with van der Waals surface area (Å²) in [4.78, 5) is 0. The summed E-state index contributed by atoms with van der Waals surface area (Å²) in [5.41, 5.74) is 0. The van der Waals surface area contributed by atoms with Crippen LogP contribution in [0.5, 0.6) is 5.75 Å². The highest BCUT2D eigenvalue weighted by atomic mass is 79.9. The Hall–Kier alpha value is -0.230. The SMILES string of the molecule is CSCCCCCNCC(O)COc1ccc(Br)cc1. The van der Waals surface area contributed by atoms with E-state index in [1.807, 2.05) is 36.0 Å². The number of rotatable bonds is 11. The molecule has 0 aliphatic rings. The minimum absolute atomic E-state index is 0.321. The van der Waals surface area contributed by atoms with E-state index < -0.39 is 6.10 Å². The molecule has 0 radical (unpaired) electrons. The number of benzene rings is 1. The van der Waals surface area contributed by atoms with Gasteiger partial charge in [-0.05, 0) is 55.7 Å². The summed E-state index contributed by atoms with van der Waals surface area (Å²) in [6.07, 6.45) is 5.36. The molecule has 0 aliphatic carbocycles. The molecule has 2 N–H and O–H groups in total. The van der Waals surface area contributed by atoms with Gasteiger partial charge in [0.25, 0.3) is 0 Å². The van der Waals surface area contributed by atoms with Crippen LogP contribution in [0.4, 0.5) is 0 Å². The molecular formula is C15H24BrNO2S. The summed E-state index contributed by atoms with van der Waals surface area (Å²) >= 11 is 5.27. The van der Waals surface area contributed by atoms with Gasteiger partial charge < -0.3 is 15.2 Å². The number of hydrogen-bond acceptors (Lipinski definition) is 4. The summed E-state index contributed by atoms with van der Waals surface area (Å²) in [5, 5.41) is 13.1. The van der Waals surface area contributed by atoms with Gasteiger partial charge in [0.2, 0.25) is 0 Å². The van der Waals surface area contributed by atoms with E-state index in [9.17, 15) is 5.11 Å². The first-order chi connectivity index (χ1) is 9.72. The Balaban J connectivity index is 2.00. The van der Waals surface area contributed by atoms with Gasteiger partial charge in [-0.2, -0.15) is 11.8 Å². The van der Waals surface area contributed by atoms with Crippen LogP contribution in [0.3, 0.4) is 0 Å². The number of hydrogen-bond donors (Lipinski definition) is 2. The van der Waals surface area contributed by atoms with Crippen LogP contribution in [-0.4, -0.2) is 42.9 Å². The van der Waals surface area contributed by atoms with Crippen molar-refractivity contribution in [2.45, 2.75) is 25.4 Å². The molecule has 0 fully saturated rings. The van der Waals surface area contributed by atoms with Crippen molar-refractivity contribution in [3.8, 4) is 5.75 Å². The van der Waals surface area contributed by atoms with Gasteiger partial charge in [0.15, 0.2) is 0 Å². The van der Waals surface area contributed by atoms with Crippen molar-refractivity contribution < 1.29 is 9.84 Å². The predicted octanol–water partition coefficient (Wildman–Crippen LogP) is 3.31. The molecule has 20 heavy (non-hydrogen) atoms. The molecule has 1 rings (SSSR count). The molecule has 0 aliphatic heterocycles. The average Bonchev–Trinajstić information content (AvgIpc) is 2.46. The van der Waals surface area contributed by atoms with Gasteiger partial charge in [-0.25, -0.2) is 0 Å². The number of unbranched alkanes of at least 4 members (excludes halogenated alkanes) is 2. The van der Waals surface area contributed by atoms with Crippen LogP contribution in [0.15, 0.2) is 28.7 Å². The number of nitrogens with one attached hydrogen (secondary N) is 1. The van der Waals surface area contributed by atoms with Crippen molar-refractivity contribution in [1.29, 1.82) is 0 Å². The van der Waals surface area contributed by atoms with E-state index in [0.29, 0.717) is 13.2 Å². The molecule has 0 bridgehead atoms. The largest absolute Gasteiger partial charge is 0.491 e. The minimum Gasteiger partial charge on any atom is -0.491 e. The molecule has 0 aromatic heterocycles. The summed E-state index contributed by atoms with van der Waals surface area (Å²) in [7, 11) is 0. The second-order valence-corrected chi connectivity index (χ2v) is 6.58. The maximum Gasteiger partial charge on any atom is 0.119 e. The molecule has 0 saturated heterocycles. The molecule has 3 nitrogen and oxygen atoms in total. The standard InChI is InChI=1S/C15H24BrNO2S/c1-20-10-4-2-3-9-17-11-14(18)12-19-15-7-5-13(16)6-8-15/h5-8,14,17-18H,2-4,9-12H2,1H3. The third kappa shape index (κ3) is 8.84. The van der Waals surface area contributed by atoms with Gasteiger partial charge in [-0.3, -0.25) is 0 Å². The van der Waals surface area contributed by atoms with Crippen LogP contribution in [0.1, 0.15) is 19.3 Å². The fourth-order valence-electron chi connectivity index (χ4n) is 1.72. The molecule has 0 saturated carbocycles. The third-order valence-electron chi connectivity index (χ3n) is 2.84. The van der Waals surface area contributed by atoms with E-state index in [-0.39, 0.29) is 0 Å². The highest BCUT2D eigenvalue weighted by Gasteiger charge is 2.04. The molecule has 1 aromatic rings. The second kappa shape index (κ2) is 11.4. The van der Waals surface area contributed by atoms with Crippen LogP contribution in [0, 0.1) is 0 Å². The lowest BCUT2D eigenvalue weighted by Gasteiger charge is -2.13. The smallest absolute Gasteiger partial charge is 0.119 e. The van der Waals surface area contributed by atoms with Crippen molar-refractivity contribution in [3.05, 3.63) is 28.7 Å². The fraction of sp³-hybridized carbons (Fsp3) is 0.600. The number of ether oxygens (including phenoxy) is 1. The van der Waals surface area contributed by atoms with Crippen molar-refractivity contribution in [2.24, 2.45) is 0 Å². The Bertz CT molecular complexity index is 348. The maximum atomic E-state index is 9.81. The Morgan fingerprint density at radius 2 is 2.00 bits per heavy atom. The Labute approximate surface area is 134 Å². The lowest BCUT2D eigenvalue weighted by atomic mass is 10.2. The highest BCUT2D eigenvalue weighted by molar-refractivity contribution is 9.10. The van der Waals surface area contributed by atoms with Crippen molar-refractivity contribution >= 4 is 27.7 Å². The van der Waals surface area contributed by atoms with Gasteiger partial charge in [0, 0.05) is 11.0 Å². The molecule has 0 amide bonds. The lowest BCUT2D eigenvalue weighted by Crippen LogP contribution is -2.32. The Morgan fingerprint density at radius 3 is 2.70 bits per heavy atom. The third-order valence-corrected chi connectivity index (χ3v) is 4.06. The number of aliphatic hydroxyl groups excluding tert-OH is 1. The van der Waals surface area contributed by atoms with E-state index in [1.54, 1.807) is 0 Å². The average molecular weight is 362 g/mol. The summed E-state index contributed by atoms with van der Waals surface area (Å²) in [6.45, 7) is 1.86. The number of thioether (sulfide) groups is 1. The molecular weight excluding hydrogens is 338 g/mol. The van der Waals surface area contributed by atoms with E-state index in [1.165, 1.54) is 25.0 Å². The van der Waals surface area contributed by atoms with Crippen LogP contribution in [0.2, 0.25) is 0 Å². The maximum absolute atomic E-state index is 9.81. The lowest BCUT2D eigenvalue weighted by molar-refractivity contribution is 0.106. The predicted molar refractivity (Wildman–Crippen MR) is 90.7 cm³/mol. The van der Waals surface area contributed by atoms with Gasteiger partial charge in [0.05, 0.1) is 0 Å². The van der Waals surface area contributed by atoms with E-state index in [0.717, 1.165) is 16.8 Å². The molecule has 1 unspecified atom stereocenters. The minimum atomic E-state index is -0.468. The zero-order chi connectivity index (χ0) is 14.6. The zero-order valence-electron chi connectivity index (χ0n) is 12.0. The van der Waals surface area contributed by atoms with Gasteiger partial charge in [-0.1, -0.05) is 22.4 Å². The molecule has 5 heteroatoms. The van der Waals surface area contributed by atoms with E-state index in [2.05, 4.69) is 27.5 Å². The summed E-state index contributed by atoms with van der Waals surface area (Å²) in [5.74, 6) is 2.02. The van der Waals surface area contributed by atoms with Crippen LogP contribution in [-0.2, 0) is 0 Å². The fourth-order valence-corrected chi connectivity index (χ4v) is 2.48. The Morgan fingerprint density at radius 1 is 1.25 bits per heavy atom. The molecule has 0 heterocycles. The topological polar surface area (TPSA) is 41.5 Å². The van der Waals surface area contributed by atoms with Crippen LogP contribution >= 0.6 is 27.7 Å². The van der Waals surface area contributed by atoms with Crippen molar-refractivity contribution in [1.82, 2.24) is 5.32 Å². The van der Waals surface area contributed by atoms with Gasteiger partial charge in [0.1, 0.15) is 18.5 Å². The molecule has 114 valence electrons. The van der Waals surface area contributed by atoms with E-state index in [4.69, 9.17) is 4.74 Å². The number of halogens is 1. The number of aliphatic hydroxyl groups is 1. The monoisotopic (exact) mass is 361 g/mol. The van der Waals surface area contributed by atoms with Crippen LogP contribution in [0.25, 0.3) is 0 Å². The Kier molecular flexibility index (Phi) is 10.2. The molecule has 0 spiro atoms. The summed E-state index contributed by atoms with van der Waals surface area (Å²) < 4.78 is 6.54. The normalized spacial score (nSPS) is 12.3. The molecule has 1 aromatic carbocycles. The second-order valence-electron chi connectivity index (χ2n) is 4.68. The first-order valence-electron chi connectivity index (χ1n) is 6.98. The van der Waals surface area contributed by atoms with Crippen molar-refractivity contribution in [3.63, 3.8) is 0 Å². The van der Waals surface area contributed by atoms with E-state index >= 15 is 0 Å². The highest BCUT2D eigenvalue weighted by Crippen LogP contribution is 2.16. The van der Waals surface area contributed by atoms with Crippen LogP contribution < -0.4 is 10.1 Å². The first kappa shape index (κ1) is 17.8. The quantitative estimate of drug-likeness (QED) is 0.593. The van der Waals surface area contributed by atoms with Gasteiger partial charge in [-0.15, -0.1) is 0 Å².